The summed E-state index contributed by atoms with van der Waals surface area (Å²) in [7, 11) is 0. The van der Waals surface area contributed by atoms with Crippen LogP contribution in [0.3, 0.4) is 0 Å². The zero-order chi connectivity index (χ0) is 14.4. The van der Waals surface area contributed by atoms with Crippen LogP contribution in [0.4, 0.5) is 5.69 Å². The van der Waals surface area contributed by atoms with E-state index in [1.807, 2.05) is 31.2 Å². The first-order valence-corrected chi connectivity index (χ1v) is 6.83. The maximum atomic E-state index is 10.1. The molecule has 106 valence electrons. The lowest BCUT2D eigenvalue weighted by molar-refractivity contribution is 0.191. The molecule has 2 aromatic rings. The molecule has 0 amide bonds. The van der Waals surface area contributed by atoms with Crippen LogP contribution < -0.4 is 10.1 Å². The number of ether oxygens (including phenoxy) is 1. The highest BCUT2D eigenvalue weighted by Crippen LogP contribution is 2.23. The average molecular weight is 293 g/mol. The second-order valence-corrected chi connectivity index (χ2v) is 4.64. The van der Waals surface area contributed by atoms with E-state index in [1.54, 1.807) is 18.3 Å². The molecule has 4 nitrogen and oxygen atoms in total. The minimum Gasteiger partial charge on any atom is -0.478 e. The molecule has 2 rings (SSSR count). The summed E-state index contributed by atoms with van der Waals surface area (Å²) in [5.41, 5.74) is 1.53. The minimum absolute atomic E-state index is 0.361. The first-order chi connectivity index (χ1) is 9.70. The number of anilines is 1. The summed E-state index contributed by atoms with van der Waals surface area (Å²) in [6.07, 6.45) is 1.000. The van der Waals surface area contributed by atoms with E-state index in [1.165, 1.54) is 0 Å². The number of aliphatic hydroxyl groups is 1. The van der Waals surface area contributed by atoms with Gasteiger partial charge >= 0.3 is 0 Å². The molecule has 2 N–H and O–H groups in total. The molecule has 20 heavy (non-hydrogen) atoms. The molecule has 0 aliphatic rings. The zero-order valence-electron chi connectivity index (χ0n) is 11.2. The Hall–Kier alpha value is -1.78. The first kappa shape index (κ1) is 14.6. The van der Waals surface area contributed by atoms with Crippen LogP contribution in [0.5, 0.6) is 5.88 Å². The Labute approximate surface area is 123 Å². The van der Waals surface area contributed by atoms with Gasteiger partial charge in [-0.3, -0.25) is 0 Å². The van der Waals surface area contributed by atoms with Crippen molar-refractivity contribution in [1.29, 1.82) is 0 Å². The van der Waals surface area contributed by atoms with Crippen LogP contribution in [0.2, 0.25) is 5.02 Å². The molecule has 0 bridgehead atoms. The Morgan fingerprint density at radius 1 is 1.30 bits per heavy atom. The molecule has 0 saturated heterocycles. The van der Waals surface area contributed by atoms with E-state index in [4.69, 9.17) is 16.3 Å². The third-order valence-corrected chi connectivity index (χ3v) is 3.14. The lowest BCUT2D eigenvalue weighted by Crippen LogP contribution is -2.12. The molecular formula is C15H17ClN2O2. The number of nitrogens with one attached hydrogen (secondary N) is 1. The number of aromatic nitrogens is 1. The fourth-order valence-electron chi connectivity index (χ4n) is 1.79. The molecule has 0 spiro atoms. The maximum Gasteiger partial charge on any atom is 0.213 e. The van der Waals surface area contributed by atoms with Gasteiger partial charge in [0.15, 0.2) is 0 Å². The Morgan fingerprint density at radius 2 is 2.10 bits per heavy atom. The van der Waals surface area contributed by atoms with Crippen LogP contribution in [0.25, 0.3) is 0 Å². The number of aliphatic hydroxyl groups excluding tert-OH is 1. The fraction of sp³-hybridized carbons (Fsp3) is 0.267. The van der Waals surface area contributed by atoms with Gasteiger partial charge in [-0.15, -0.1) is 0 Å². The van der Waals surface area contributed by atoms with Crippen molar-refractivity contribution < 1.29 is 9.84 Å². The van der Waals surface area contributed by atoms with Crippen molar-refractivity contribution in [2.24, 2.45) is 0 Å². The molecule has 1 aromatic heterocycles. The van der Waals surface area contributed by atoms with Gasteiger partial charge in [0.25, 0.3) is 0 Å². The number of benzene rings is 1. The van der Waals surface area contributed by atoms with Crippen LogP contribution >= 0.6 is 11.6 Å². The Balaban J connectivity index is 1.93. The summed E-state index contributed by atoms with van der Waals surface area (Å²) in [5.74, 6) is 0.588. The first-order valence-electron chi connectivity index (χ1n) is 6.46. The van der Waals surface area contributed by atoms with Crippen molar-refractivity contribution in [3.05, 3.63) is 53.2 Å². The van der Waals surface area contributed by atoms with Gasteiger partial charge in [-0.1, -0.05) is 29.8 Å². The van der Waals surface area contributed by atoms with Crippen molar-refractivity contribution in [3.63, 3.8) is 0 Å². The van der Waals surface area contributed by atoms with Crippen LogP contribution in [0, 0.1) is 0 Å². The largest absolute Gasteiger partial charge is 0.478 e. The molecule has 5 heteroatoms. The summed E-state index contributed by atoms with van der Waals surface area (Å²) in [4.78, 5) is 4.14. The van der Waals surface area contributed by atoms with Gasteiger partial charge in [0.1, 0.15) is 0 Å². The fourth-order valence-corrected chi connectivity index (χ4v) is 2.05. The summed E-state index contributed by atoms with van der Waals surface area (Å²) in [6.45, 7) is 2.86. The van der Waals surface area contributed by atoms with Gasteiger partial charge in [-0.05, 0) is 19.1 Å². The zero-order valence-corrected chi connectivity index (χ0v) is 12.0. The monoisotopic (exact) mass is 292 g/mol. The van der Waals surface area contributed by atoms with E-state index >= 15 is 0 Å². The highest BCUT2D eigenvalue weighted by atomic mass is 35.5. The van der Waals surface area contributed by atoms with Crippen molar-refractivity contribution >= 4 is 17.3 Å². The average Bonchev–Trinajstić information content (AvgIpc) is 2.47. The van der Waals surface area contributed by atoms with Crippen LogP contribution in [-0.2, 0) is 0 Å². The third-order valence-electron chi connectivity index (χ3n) is 2.79. The molecule has 0 aliphatic heterocycles. The van der Waals surface area contributed by atoms with Gasteiger partial charge in [0, 0.05) is 23.2 Å². The molecule has 1 unspecified atom stereocenters. The van der Waals surface area contributed by atoms with Gasteiger partial charge in [0.2, 0.25) is 5.88 Å². The van der Waals surface area contributed by atoms with Gasteiger partial charge in [-0.2, -0.15) is 0 Å². The van der Waals surface area contributed by atoms with E-state index in [0.717, 1.165) is 5.69 Å². The lowest BCUT2D eigenvalue weighted by atomic mass is 10.1. The predicted octanol–water partition coefficient (Wildman–Crippen LogP) is 3.28. The van der Waals surface area contributed by atoms with E-state index in [2.05, 4.69) is 10.3 Å². The van der Waals surface area contributed by atoms with Crippen LogP contribution in [-0.4, -0.2) is 23.2 Å². The number of hydrogen-bond acceptors (Lipinski definition) is 4. The van der Waals surface area contributed by atoms with Gasteiger partial charge in [-0.25, -0.2) is 4.98 Å². The number of halogens is 1. The van der Waals surface area contributed by atoms with Crippen LogP contribution in [0.1, 0.15) is 18.6 Å². The van der Waals surface area contributed by atoms with E-state index in [-0.39, 0.29) is 0 Å². The topological polar surface area (TPSA) is 54.4 Å². The van der Waals surface area contributed by atoms with Crippen molar-refractivity contribution in [2.75, 3.05) is 18.5 Å². The standard InChI is InChI=1S/C15H17ClN2O2/c1-2-20-15-8-7-11(9-18-15)17-10-14(19)12-5-3-4-6-13(12)16/h3-9,14,17,19H,2,10H2,1H3. The number of nitrogens with zero attached hydrogens (tertiary/aromatic N) is 1. The van der Waals surface area contributed by atoms with Crippen molar-refractivity contribution in [1.82, 2.24) is 4.98 Å². The van der Waals surface area contributed by atoms with E-state index < -0.39 is 6.10 Å². The third kappa shape index (κ3) is 3.85. The lowest BCUT2D eigenvalue weighted by Gasteiger charge is -2.14. The Kier molecular flexibility index (Phi) is 5.21. The molecule has 1 heterocycles. The molecule has 1 atom stereocenters. The van der Waals surface area contributed by atoms with E-state index in [9.17, 15) is 5.11 Å². The second-order valence-electron chi connectivity index (χ2n) is 4.24. The van der Waals surface area contributed by atoms with E-state index in [0.29, 0.717) is 29.6 Å². The molecule has 0 aliphatic carbocycles. The normalized spacial score (nSPS) is 11.9. The summed E-state index contributed by atoms with van der Waals surface area (Å²) in [6, 6.07) is 10.9. The second kappa shape index (κ2) is 7.12. The molecule has 0 radical (unpaired) electrons. The van der Waals surface area contributed by atoms with Crippen molar-refractivity contribution in [2.45, 2.75) is 13.0 Å². The Bertz CT molecular complexity index is 546. The number of rotatable bonds is 6. The summed E-state index contributed by atoms with van der Waals surface area (Å²) < 4.78 is 5.27. The summed E-state index contributed by atoms with van der Waals surface area (Å²) >= 11 is 6.04. The molecule has 1 aromatic carbocycles. The molecule has 0 saturated carbocycles. The summed E-state index contributed by atoms with van der Waals surface area (Å²) in [5, 5.41) is 13.8. The highest BCUT2D eigenvalue weighted by Gasteiger charge is 2.10. The predicted molar refractivity (Wildman–Crippen MR) is 80.3 cm³/mol. The number of pyridine rings is 1. The van der Waals surface area contributed by atoms with Gasteiger partial charge in [0.05, 0.1) is 24.6 Å². The number of hydrogen-bond donors (Lipinski definition) is 2. The minimum atomic E-state index is -0.671. The maximum absolute atomic E-state index is 10.1. The van der Waals surface area contributed by atoms with Gasteiger partial charge < -0.3 is 15.2 Å². The smallest absolute Gasteiger partial charge is 0.213 e. The molecule has 0 fully saturated rings. The quantitative estimate of drug-likeness (QED) is 0.858. The van der Waals surface area contributed by atoms with Crippen molar-refractivity contribution in [3.8, 4) is 5.88 Å². The highest BCUT2D eigenvalue weighted by molar-refractivity contribution is 6.31. The Morgan fingerprint density at radius 3 is 2.75 bits per heavy atom. The molecular weight excluding hydrogens is 276 g/mol. The SMILES string of the molecule is CCOc1ccc(NCC(O)c2ccccc2Cl)cn1. The van der Waals surface area contributed by atoms with Crippen LogP contribution in [0.15, 0.2) is 42.6 Å².